The third-order valence-electron chi connectivity index (χ3n) is 3.04. The smallest absolute Gasteiger partial charge is 0.257 e. The first kappa shape index (κ1) is 17.5. The molecule has 0 aromatic carbocycles. The fraction of sp³-hybridized carbons (Fsp3) is 0.375. The van der Waals surface area contributed by atoms with Crippen LogP contribution in [0.3, 0.4) is 0 Å². The molecule has 2 heterocycles. The second kappa shape index (κ2) is 7.58. The summed E-state index contributed by atoms with van der Waals surface area (Å²) in [5, 5.41) is 6.76. The van der Waals surface area contributed by atoms with Crippen molar-refractivity contribution in [2.24, 2.45) is 0 Å². The van der Waals surface area contributed by atoms with Crippen molar-refractivity contribution in [3.63, 3.8) is 0 Å². The zero-order valence-electron chi connectivity index (χ0n) is 14.2. The Morgan fingerprint density at radius 1 is 1.29 bits per heavy atom. The van der Waals surface area contributed by atoms with Gasteiger partial charge in [0.25, 0.3) is 5.91 Å². The Morgan fingerprint density at radius 3 is 2.62 bits per heavy atom. The Bertz CT molecular complexity index is 707. The number of likely N-dealkylation sites (N-methyl/N-ethyl adjacent to an activating group) is 1. The fourth-order valence-corrected chi connectivity index (χ4v) is 1.82. The zero-order valence-corrected chi connectivity index (χ0v) is 14.2. The van der Waals surface area contributed by atoms with E-state index in [1.807, 2.05) is 13.8 Å². The lowest BCUT2D eigenvalue weighted by molar-refractivity contribution is -0.129. The summed E-state index contributed by atoms with van der Waals surface area (Å²) in [4.78, 5) is 29.4. The van der Waals surface area contributed by atoms with Crippen LogP contribution in [0.1, 0.15) is 24.2 Å². The molecule has 0 aliphatic heterocycles. The summed E-state index contributed by atoms with van der Waals surface area (Å²) in [6, 6.07) is 3.29. The standard InChI is InChI=1S/C16H21N5O3/c1-11(2)24-14-6-5-12(7-17-14)16(23)19-13-8-18-21(9-13)10-15(22)20(3)4/h5-9,11H,10H2,1-4H3,(H,19,23). The number of rotatable bonds is 6. The Balaban J connectivity index is 1.97. The molecule has 0 saturated heterocycles. The molecule has 0 aliphatic carbocycles. The maximum Gasteiger partial charge on any atom is 0.257 e. The number of pyridine rings is 1. The number of anilines is 1. The van der Waals surface area contributed by atoms with Gasteiger partial charge in [0.2, 0.25) is 11.8 Å². The predicted octanol–water partition coefficient (Wildman–Crippen LogP) is 1.41. The average Bonchev–Trinajstić information content (AvgIpc) is 2.94. The summed E-state index contributed by atoms with van der Waals surface area (Å²) < 4.78 is 6.90. The molecular formula is C16H21N5O3. The van der Waals surface area contributed by atoms with Gasteiger partial charge in [0, 0.05) is 32.6 Å². The van der Waals surface area contributed by atoms with Crippen LogP contribution in [-0.4, -0.2) is 51.7 Å². The van der Waals surface area contributed by atoms with E-state index in [4.69, 9.17) is 4.74 Å². The van der Waals surface area contributed by atoms with Crippen molar-refractivity contribution in [2.75, 3.05) is 19.4 Å². The van der Waals surface area contributed by atoms with Crippen LogP contribution < -0.4 is 10.1 Å². The van der Waals surface area contributed by atoms with Gasteiger partial charge in [-0.2, -0.15) is 5.10 Å². The van der Waals surface area contributed by atoms with Crippen LogP contribution in [-0.2, 0) is 11.3 Å². The largest absolute Gasteiger partial charge is 0.475 e. The summed E-state index contributed by atoms with van der Waals surface area (Å²) in [6.45, 7) is 3.92. The number of ether oxygens (including phenoxy) is 1. The molecule has 8 nitrogen and oxygen atoms in total. The fourth-order valence-electron chi connectivity index (χ4n) is 1.82. The SMILES string of the molecule is CC(C)Oc1ccc(C(=O)Nc2cnn(CC(=O)N(C)C)c2)cn1. The molecular weight excluding hydrogens is 310 g/mol. The first-order valence-corrected chi connectivity index (χ1v) is 7.52. The first-order chi connectivity index (χ1) is 11.3. The summed E-state index contributed by atoms with van der Waals surface area (Å²) in [5.74, 6) is 0.0783. The minimum absolute atomic E-state index is 0.0212. The summed E-state index contributed by atoms with van der Waals surface area (Å²) in [5.41, 5.74) is 0.914. The minimum Gasteiger partial charge on any atom is -0.475 e. The predicted molar refractivity (Wildman–Crippen MR) is 88.9 cm³/mol. The molecule has 0 atom stereocenters. The maximum atomic E-state index is 12.2. The highest BCUT2D eigenvalue weighted by Gasteiger charge is 2.11. The molecule has 2 aromatic rings. The monoisotopic (exact) mass is 331 g/mol. The third kappa shape index (κ3) is 4.80. The highest BCUT2D eigenvalue weighted by atomic mass is 16.5. The molecule has 2 aromatic heterocycles. The summed E-state index contributed by atoms with van der Waals surface area (Å²) >= 11 is 0. The molecule has 0 fully saturated rings. The van der Waals surface area contributed by atoms with Crippen molar-refractivity contribution >= 4 is 17.5 Å². The van der Waals surface area contributed by atoms with Gasteiger partial charge in [-0.15, -0.1) is 0 Å². The molecule has 0 bridgehead atoms. The van der Waals surface area contributed by atoms with Gasteiger partial charge in [0.05, 0.1) is 23.6 Å². The van der Waals surface area contributed by atoms with Gasteiger partial charge in [-0.3, -0.25) is 14.3 Å². The Labute approximate surface area is 140 Å². The number of nitrogens with one attached hydrogen (secondary N) is 1. The van der Waals surface area contributed by atoms with E-state index >= 15 is 0 Å². The lowest BCUT2D eigenvalue weighted by Gasteiger charge is -2.09. The van der Waals surface area contributed by atoms with E-state index in [-0.39, 0.29) is 24.5 Å². The molecule has 8 heteroatoms. The lowest BCUT2D eigenvalue weighted by atomic mass is 10.2. The summed E-state index contributed by atoms with van der Waals surface area (Å²) in [6.07, 6.45) is 4.56. The van der Waals surface area contributed by atoms with Crippen LogP contribution in [0, 0.1) is 0 Å². The minimum atomic E-state index is -0.308. The van der Waals surface area contributed by atoms with Gasteiger partial charge in [0.1, 0.15) is 6.54 Å². The van der Waals surface area contributed by atoms with Gasteiger partial charge >= 0.3 is 0 Å². The van der Waals surface area contributed by atoms with E-state index in [0.29, 0.717) is 17.1 Å². The van der Waals surface area contributed by atoms with Gasteiger partial charge < -0.3 is 15.0 Å². The van der Waals surface area contributed by atoms with E-state index in [0.717, 1.165) is 0 Å². The van der Waals surface area contributed by atoms with E-state index in [1.165, 1.54) is 22.0 Å². The van der Waals surface area contributed by atoms with Crippen LogP contribution in [0.15, 0.2) is 30.7 Å². The molecule has 24 heavy (non-hydrogen) atoms. The molecule has 0 radical (unpaired) electrons. The van der Waals surface area contributed by atoms with Crippen molar-refractivity contribution in [2.45, 2.75) is 26.5 Å². The number of hydrogen-bond acceptors (Lipinski definition) is 5. The zero-order chi connectivity index (χ0) is 17.7. The van der Waals surface area contributed by atoms with Crippen LogP contribution in [0.5, 0.6) is 5.88 Å². The molecule has 1 N–H and O–H groups in total. The van der Waals surface area contributed by atoms with Crippen molar-refractivity contribution < 1.29 is 14.3 Å². The molecule has 128 valence electrons. The Morgan fingerprint density at radius 2 is 2.04 bits per heavy atom. The average molecular weight is 331 g/mol. The number of amides is 2. The lowest BCUT2D eigenvalue weighted by Crippen LogP contribution is -2.26. The van der Waals surface area contributed by atoms with Crippen molar-refractivity contribution in [1.29, 1.82) is 0 Å². The van der Waals surface area contributed by atoms with Crippen molar-refractivity contribution in [1.82, 2.24) is 19.7 Å². The Hall–Kier alpha value is -2.90. The van der Waals surface area contributed by atoms with E-state index in [9.17, 15) is 9.59 Å². The van der Waals surface area contributed by atoms with Crippen LogP contribution in [0.4, 0.5) is 5.69 Å². The molecule has 2 rings (SSSR count). The first-order valence-electron chi connectivity index (χ1n) is 7.52. The number of hydrogen-bond donors (Lipinski definition) is 1. The van der Waals surface area contributed by atoms with Gasteiger partial charge in [0.15, 0.2) is 0 Å². The topological polar surface area (TPSA) is 89.3 Å². The maximum absolute atomic E-state index is 12.2. The molecule has 0 unspecified atom stereocenters. The van der Waals surface area contributed by atoms with Crippen LogP contribution in [0.2, 0.25) is 0 Å². The van der Waals surface area contributed by atoms with Crippen molar-refractivity contribution in [3.8, 4) is 5.88 Å². The second-order valence-corrected chi connectivity index (χ2v) is 5.72. The Kier molecular flexibility index (Phi) is 5.51. The quantitative estimate of drug-likeness (QED) is 0.864. The molecule has 0 spiro atoms. The van der Waals surface area contributed by atoms with Gasteiger partial charge in [-0.1, -0.05) is 0 Å². The van der Waals surface area contributed by atoms with Crippen LogP contribution in [0.25, 0.3) is 0 Å². The molecule has 0 saturated carbocycles. The molecule has 0 aliphatic rings. The van der Waals surface area contributed by atoms with Gasteiger partial charge in [-0.05, 0) is 19.9 Å². The van der Waals surface area contributed by atoms with Crippen LogP contribution >= 0.6 is 0 Å². The van der Waals surface area contributed by atoms with Crippen molar-refractivity contribution in [3.05, 3.63) is 36.3 Å². The number of carbonyl (C=O) groups excluding carboxylic acids is 2. The second-order valence-electron chi connectivity index (χ2n) is 5.72. The molecule has 2 amide bonds. The van der Waals surface area contributed by atoms with E-state index < -0.39 is 0 Å². The number of aromatic nitrogens is 3. The number of nitrogens with zero attached hydrogens (tertiary/aromatic N) is 4. The number of carbonyl (C=O) groups is 2. The highest BCUT2D eigenvalue weighted by molar-refractivity contribution is 6.03. The van der Waals surface area contributed by atoms with E-state index in [1.54, 1.807) is 32.4 Å². The highest BCUT2D eigenvalue weighted by Crippen LogP contribution is 2.12. The van der Waals surface area contributed by atoms with Gasteiger partial charge in [-0.25, -0.2) is 4.98 Å². The van der Waals surface area contributed by atoms with E-state index in [2.05, 4.69) is 15.4 Å². The normalized spacial score (nSPS) is 10.5. The third-order valence-corrected chi connectivity index (χ3v) is 3.04. The summed E-state index contributed by atoms with van der Waals surface area (Å²) in [7, 11) is 3.35.